The van der Waals surface area contributed by atoms with Gasteiger partial charge in [-0.15, -0.1) is 0 Å². The molecule has 1 aromatic rings. The molecule has 1 heterocycles. The van der Waals surface area contributed by atoms with Gasteiger partial charge in [-0.2, -0.15) is 10.4 Å². The number of nitrogens with one attached hydrogen (secondary N) is 1. The predicted octanol–water partition coefficient (Wildman–Crippen LogP) is 0.932. The number of aromatic nitrogens is 2. The zero-order chi connectivity index (χ0) is 9.84. The number of H-pyrrole nitrogens is 1. The number of carboxylic acids is 1. The zero-order valence-corrected chi connectivity index (χ0v) is 7.16. The van der Waals surface area contributed by atoms with Crippen LogP contribution in [0.4, 0.5) is 0 Å². The lowest BCUT2D eigenvalue weighted by atomic mass is 10.1. The predicted molar refractivity (Wildman–Crippen MR) is 44.3 cm³/mol. The molecule has 5 heteroatoms. The molecule has 0 aliphatic heterocycles. The second-order valence-corrected chi connectivity index (χ2v) is 2.59. The molecule has 0 saturated heterocycles. The van der Waals surface area contributed by atoms with Crippen molar-refractivity contribution in [3.8, 4) is 6.07 Å². The summed E-state index contributed by atoms with van der Waals surface area (Å²) >= 11 is 0. The van der Waals surface area contributed by atoms with Gasteiger partial charge in [0, 0.05) is 0 Å². The molecular formula is C8H9N3O2. The van der Waals surface area contributed by atoms with E-state index >= 15 is 0 Å². The lowest BCUT2D eigenvalue weighted by molar-refractivity contribution is 0.0690. The Morgan fingerprint density at radius 1 is 1.77 bits per heavy atom. The molecular weight excluding hydrogens is 170 g/mol. The number of carboxylic acid groups (broad SMARTS) is 1. The van der Waals surface area contributed by atoms with Gasteiger partial charge in [-0.25, -0.2) is 4.79 Å². The largest absolute Gasteiger partial charge is 0.476 e. The van der Waals surface area contributed by atoms with Crippen LogP contribution < -0.4 is 0 Å². The first kappa shape index (κ1) is 9.26. The minimum Gasteiger partial charge on any atom is -0.476 e. The third kappa shape index (κ3) is 1.67. The molecule has 2 N–H and O–H groups in total. The van der Waals surface area contributed by atoms with Crippen molar-refractivity contribution < 1.29 is 9.90 Å². The van der Waals surface area contributed by atoms with Crippen LogP contribution in [-0.4, -0.2) is 21.3 Å². The minimum absolute atomic E-state index is 0.148. The van der Waals surface area contributed by atoms with Crippen LogP contribution in [-0.2, 0) is 6.42 Å². The fourth-order valence-electron chi connectivity index (χ4n) is 1.08. The van der Waals surface area contributed by atoms with Crippen molar-refractivity contribution in [2.75, 3.05) is 0 Å². The third-order valence-electron chi connectivity index (χ3n) is 1.66. The number of hydrogen-bond donors (Lipinski definition) is 2. The van der Waals surface area contributed by atoms with Crippen molar-refractivity contribution in [3.05, 3.63) is 17.0 Å². The third-order valence-corrected chi connectivity index (χ3v) is 1.66. The van der Waals surface area contributed by atoms with Crippen molar-refractivity contribution in [1.82, 2.24) is 10.2 Å². The SMILES string of the molecule is CCCc1[nH]nc(C(=O)O)c1C#N. The second kappa shape index (κ2) is 3.72. The molecule has 68 valence electrons. The monoisotopic (exact) mass is 179 g/mol. The molecule has 0 aliphatic rings. The number of aromatic amines is 1. The molecule has 0 radical (unpaired) electrons. The molecule has 0 unspecified atom stereocenters. The van der Waals surface area contributed by atoms with Gasteiger partial charge in [-0.1, -0.05) is 13.3 Å². The summed E-state index contributed by atoms with van der Waals surface area (Å²) in [6.45, 7) is 1.95. The molecule has 0 aromatic carbocycles. The Morgan fingerprint density at radius 3 is 2.92 bits per heavy atom. The summed E-state index contributed by atoms with van der Waals surface area (Å²) in [5, 5.41) is 23.4. The maximum Gasteiger partial charge on any atom is 0.357 e. The maximum absolute atomic E-state index is 10.6. The van der Waals surface area contributed by atoms with E-state index in [-0.39, 0.29) is 11.3 Å². The number of nitriles is 1. The molecule has 0 aliphatic carbocycles. The van der Waals surface area contributed by atoms with Crippen LogP contribution in [0.2, 0.25) is 0 Å². The summed E-state index contributed by atoms with van der Waals surface area (Å²) in [7, 11) is 0. The second-order valence-electron chi connectivity index (χ2n) is 2.59. The molecule has 1 rings (SSSR count). The Balaban J connectivity index is 3.12. The Morgan fingerprint density at radius 2 is 2.46 bits per heavy atom. The summed E-state index contributed by atoms with van der Waals surface area (Å²) in [6.07, 6.45) is 1.49. The molecule has 0 bridgehead atoms. The van der Waals surface area contributed by atoms with Crippen LogP contribution in [0.1, 0.15) is 35.1 Å². The number of nitrogens with zero attached hydrogens (tertiary/aromatic N) is 2. The quantitative estimate of drug-likeness (QED) is 0.722. The Kier molecular flexibility index (Phi) is 2.65. The molecule has 5 nitrogen and oxygen atoms in total. The van der Waals surface area contributed by atoms with Gasteiger partial charge in [-0.3, -0.25) is 5.10 Å². The topological polar surface area (TPSA) is 89.8 Å². The van der Waals surface area contributed by atoms with Gasteiger partial charge in [0.1, 0.15) is 11.6 Å². The molecule has 0 fully saturated rings. The van der Waals surface area contributed by atoms with Crippen LogP contribution in [0.25, 0.3) is 0 Å². The van der Waals surface area contributed by atoms with Crippen LogP contribution in [0.15, 0.2) is 0 Å². The molecule has 0 amide bonds. The highest BCUT2D eigenvalue weighted by atomic mass is 16.4. The zero-order valence-electron chi connectivity index (χ0n) is 7.16. The minimum atomic E-state index is -1.17. The molecule has 0 saturated carbocycles. The first-order valence-electron chi connectivity index (χ1n) is 3.91. The van der Waals surface area contributed by atoms with E-state index in [1.165, 1.54) is 0 Å². The van der Waals surface area contributed by atoms with E-state index in [2.05, 4.69) is 10.2 Å². The highest BCUT2D eigenvalue weighted by Crippen LogP contribution is 2.11. The smallest absolute Gasteiger partial charge is 0.357 e. The summed E-state index contributed by atoms with van der Waals surface area (Å²) in [5.74, 6) is -1.17. The average molecular weight is 179 g/mol. The summed E-state index contributed by atoms with van der Waals surface area (Å²) in [6, 6.07) is 1.84. The van der Waals surface area contributed by atoms with E-state index < -0.39 is 5.97 Å². The van der Waals surface area contributed by atoms with Crippen LogP contribution in [0.3, 0.4) is 0 Å². The van der Waals surface area contributed by atoms with Gasteiger partial charge >= 0.3 is 5.97 Å². The van der Waals surface area contributed by atoms with Crippen molar-refractivity contribution in [3.63, 3.8) is 0 Å². The van der Waals surface area contributed by atoms with Crippen molar-refractivity contribution in [2.24, 2.45) is 0 Å². The number of aromatic carboxylic acids is 1. The highest BCUT2D eigenvalue weighted by Gasteiger charge is 2.17. The van der Waals surface area contributed by atoms with Crippen molar-refractivity contribution in [1.29, 1.82) is 5.26 Å². The van der Waals surface area contributed by atoms with Crippen LogP contribution >= 0.6 is 0 Å². The normalized spacial score (nSPS) is 9.54. The Labute approximate surface area is 75.0 Å². The van der Waals surface area contributed by atoms with E-state index in [4.69, 9.17) is 10.4 Å². The molecule has 0 atom stereocenters. The maximum atomic E-state index is 10.6. The number of carbonyl (C=O) groups is 1. The standard InChI is InChI=1S/C8H9N3O2/c1-2-3-6-5(4-9)7(8(12)13)11-10-6/h2-3H2,1H3,(H,10,11)(H,12,13). The summed E-state index contributed by atoms with van der Waals surface area (Å²) in [4.78, 5) is 10.6. The van der Waals surface area contributed by atoms with Gasteiger partial charge in [0.15, 0.2) is 5.69 Å². The van der Waals surface area contributed by atoms with E-state index in [1.807, 2.05) is 13.0 Å². The average Bonchev–Trinajstić information content (AvgIpc) is 2.48. The van der Waals surface area contributed by atoms with E-state index in [9.17, 15) is 4.79 Å². The van der Waals surface area contributed by atoms with Crippen LogP contribution in [0, 0.1) is 11.3 Å². The first-order chi connectivity index (χ1) is 6.20. The number of rotatable bonds is 3. The molecule has 1 aromatic heterocycles. The lowest BCUT2D eigenvalue weighted by Gasteiger charge is -1.91. The van der Waals surface area contributed by atoms with E-state index in [1.54, 1.807) is 0 Å². The highest BCUT2D eigenvalue weighted by molar-refractivity contribution is 5.88. The summed E-state index contributed by atoms with van der Waals surface area (Å²) in [5.41, 5.74) is 0.558. The van der Waals surface area contributed by atoms with Gasteiger partial charge in [0.2, 0.25) is 0 Å². The van der Waals surface area contributed by atoms with Gasteiger partial charge in [0.05, 0.1) is 5.69 Å². The lowest BCUT2D eigenvalue weighted by Crippen LogP contribution is -1.99. The fourth-order valence-corrected chi connectivity index (χ4v) is 1.08. The van der Waals surface area contributed by atoms with Crippen LogP contribution in [0.5, 0.6) is 0 Å². The van der Waals surface area contributed by atoms with Gasteiger partial charge < -0.3 is 5.11 Å². The number of aryl methyl sites for hydroxylation is 1. The fraction of sp³-hybridized carbons (Fsp3) is 0.375. The molecule has 0 spiro atoms. The van der Waals surface area contributed by atoms with E-state index in [0.717, 1.165) is 6.42 Å². The Hall–Kier alpha value is -1.83. The Bertz CT molecular complexity index is 362. The van der Waals surface area contributed by atoms with Gasteiger partial charge in [-0.05, 0) is 6.42 Å². The first-order valence-corrected chi connectivity index (χ1v) is 3.91. The molecule has 13 heavy (non-hydrogen) atoms. The van der Waals surface area contributed by atoms with Gasteiger partial charge in [0.25, 0.3) is 0 Å². The van der Waals surface area contributed by atoms with Crippen molar-refractivity contribution in [2.45, 2.75) is 19.8 Å². The van der Waals surface area contributed by atoms with Crippen molar-refractivity contribution >= 4 is 5.97 Å². The van der Waals surface area contributed by atoms with E-state index in [0.29, 0.717) is 12.1 Å². The number of hydrogen-bond acceptors (Lipinski definition) is 3. The summed E-state index contributed by atoms with van der Waals surface area (Å²) < 4.78 is 0.